The fraction of sp³-hybridized carbons (Fsp3) is 0.300. The molecule has 0 aliphatic heterocycles. The van der Waals surface area contributed by atoms with Gasteiger partial charge in [0.2, 0.25) is 0 Å². The molecular weight excluding hydrogens is 336 g/mol. The van der Waals surface area contributed by atoms with Gasteiger partial charge in [0.15, 0.2) is 0 Å². The van der Waals surface area contributed by atoms with E-state index in [9.17, 15) is 19.8 Å². The lowest BCUT2D eigenvalue weighted by molar-refractivity contribution is -0.159. The van der Waals surface area contributed by atoms with Crippen molar-refractivity contribution in [3.05, 3.63) is 71.8 Å². The number of carbonyl (C=O) groups is 2. The number of aliphatic hydroxyl groups is 2. The lowest BCUT2D eigenvalue weighted by Gasteiger charge is -2.28. The van der Waals surface area contributed by atoms with Crippen molar-refractivity contribution in [1.82, 2.24) is 0 Å². The fourth-order valence-electron chi connectivity index (χ4n) is 2.19. The van der Waals surface area contributed by atoms with Gasteiger partial charge >= 0.3 is 11.9 Å². The molecule has 2 aromatic rings. The van der Waals surface area contributed by atoms with Crippen molar-refractivity contribution in [2.45, 2.75) is 32.3 Å². The molecule has 26 heavy (non-hydrogen) atoms. The summed E-state index contributed by atoms with van der Waals surface area (Å²) in [7, 11) is 0. The van der Waals surface area contributed by atoms with Crippen LogP contribution in [-0.4, -0.2) is 40.6 Å². The molecule has 2 N–H and O–H groups in total. The van der Waals surface area contributed by atoms with Crippen molar-refractivity contribution >= 4 is 11.9 Å². The molecule has 0 heterocycles. The Labute approximate surface area is 152 Å². The van der Waals surface area contributed by atoms with Gasteiger partial charge in [-0.15, -0.1) is 0 Å². The average Bonchev–Trinajstić information content (AvgIpc) is 2.67. The zero-order valence-electron chi connectivity index (χ0n) is 14.6. The third kappa shape index (κ3) is 5.15. The SMILES string of the molecule is CC(O)C(C)C(O)C(OC(=O)c1ccccc1)OC(=O)c1ccccc1. The number of aliphatic hydroxyl groups excluding tert-OH is 2. The summed E-state index contributed by atoms with van der Waals surface area (Å²) in [5.74, 6) is -2.17. The second kappa shape index (κ2) is 9.12. The Morgan fingerprint density at radius 1 is 0.769 bits per heavy atom. The van der Waals surface area contributed by atoms with Gasteiger partial charge in [0.05, 0.1) is 17.2 Å². The van der Waals surface area contributed by atoms with Crippen LogP contribution in [-0.2, 0) is 9.47 Å². The number of carbonyl (C=O) groups excluding carboxylic acids is 2. The molecule has 3 atom stereocenters. The van der Waals surface area contributed by atoms with Crippen molar-refractivity contribution in [2.75, 3.05) is 0 Å². The molecular formula is C20H22O6. The van der Waals surface area contributed by atoms with Gasteiger partial charge in [-0.05, 0) is 31.2 Å². The Kier molecular flexibility index (Phi) is 6.89. The van der Waals surface area contributed by atoms with Crippen molar-refractivity contribution < 1.29 is 29.3 Å². The van der Waals surface area contributed by atoms with E-state index in [2.05, 4.69) is 0 Å². The lowest BCUT2D eigenvalue weighted by Crippen LogP contribution is -2.42. The predicted molar refractivity (Wildman–Crippen MR) is 94.4 cm³/mol. The Morgan fingerprint density at radius 3 is 1.50 bits per heavy atom. The number of rotatable bonds is 7. The summed E-state index contributed by atoms with van der Waals surface area (Å²) >= 11 is 0. The molecule has 0 amide bonds. The summed E-state index contributed by atoms with van der Waals surface area (Å²) in [6.45, 7) is 3.05. The van der Waals surface area contributed by atoms with Crippen LogP contribution in [0.4, 0.5) is 0 Å². The summed E-state index contributed by atoms with van der Waals surface area (Å²) in [5, 5.41) is 20.1. The van der Waals surface area contributed by atoms with Gasteiger partial charge < -0.3 is 19.7 Å². The quantitative estimate of drug-likeness (QED) is 0.583. The smallest absolute Gasteiger partial charge is 0.341 e. The Bertz CT molecular complexity index is 660. The maximum atomic E-state index is 12.3. The van der Waals surface area contributed by atoms with E-state index < -0.39 is 36.4 Å². The summed E-state index contributed by atoms with van der Waals surface area (Å²) in [6, 6.07) is 16.3. The zero-order chi connectivity index (χ0) is 19.1. The molecule has 0 aromatic heterocycles. The Balaban J connectivity index is 2.18. The van der Waals surface area contributed by atoms with Gasteiger partial charge in [0.25, 0.3) is 6.29 Å². The van der Waals surface area contributed by atoms with Crippen molar-refractivity contribution in [1.29, 1.82) is 0 Å². The van der Waals surface area contributed by atoms with E-state index in [0.29, 0.717) is 0 Å². The third-order valence-corrected chi connectivity index (χ3v) is 4.04. The highest BCUT2D eigenvalue weighted by Crippen LogP contribution is 2.18. The highest BCUT2D eigenvalue weighted by atomic mass is 16.7. The lowest BCUT2D eigenvalue weighted by atomic mass is 9.99. The van der Waals surface area contributed by atoms with Crippen LogP contribution in [0.3, 0.4) is 0 Å². The summed E-state index contributed by atoms with van der Waals surface area (Å²) in [4.78, 5) is 24.6. The molecule has 6 nitrogen and oxygen atoms in total. The molecule has 0 saturated carbocycles. The molecule has 3 unspecified atom stereocenters. The molecule has 0 aliphatic carbocycles. The Morgan fingerprint density at radius 2 is 1.15 bits per heavy atom. The number of hydrogen-bond acceptors (Lipinski definition) is 6. The van der Waals surface area contributed by atoms with Gasteiger partial charge in [-0.2, -0.15) is 0 Å². The van der Waals surface area contributed by atoms with Crippen LogP contribution in [0, 0.1) is 5.92 Å². The summed E-state index contributed by atoms with van der Waals surface area (Å²) in [6.07, 6.45) is -3.84. The van der Waals surface area contributed by atoms with Crippen LogP contribution in [0.15, 0.2) is 60.7 Å². The van der Waals surface area contributed by atoms with Gasteiger partial charge in [-0.3, -0.25) is 0 Å². The molecule has 0 spiro atoms. The second-order valence-corrected chi connectivity index (χ2v) is 6.00. The maximum absolute atomic E-state index is 12.3. The minimum Gasteiger partial charge on any atom is -0.419 e. The van der Waals surface area contributed by atoms with Crippen molar-refractivity contribution in [3.8, 4) is 0 Å². The van der Waals surface area contributed by atoms with Crippen molar-refractivity contribution in [3.63, 3.8) is 0 Å². The molecule has 0 saturated heterocycles. The first-order valence-electron chi connectivity index (χ1n) is 8.28. The van der Waals surface area contributed by atoms with E-state index in [0.717, 1.165) is 0 Å². The third-order valence-electron chi connectivity index (χ3n) is 4.04. The standard InChI is InChI=1S/C20H22O6/c1-13(14(2)21)17(22)20(25-18(23)15-9-5-3-6-10-15)26-19(24)16-11-7-4-8-12-16/h3-14,17,20-22H,1-2H3. The van der Waals surface area contributed by atoms with Gasteiger partial charge in [-0.25, -0.2) is 9.59 Å². The van der Waals surface area contributed by atoms with E-state index in [1.807, 2.05) is 0 Å². The summed E-state index contributed by atoms with van der Waals surface area (Å²) < 4.78 is 10.4. The molecule has 0 fully saturated rings. The number of benzene rings is 2. The first-order chi connectivity index (χ1) is 12.4. The highest BCUT2D eigenvalue weighted by molar-refractivity contribution is 5.91. The van der Waals surface area contributed by atoms with Crippen LogP contribution in [0.1, 0.15) is 34.6 Å². The monoisotopic (exact) mass is 358 g/mol. The fourth-order valence-corrected chi connectivity index (χ4v) is 2.19. The predicted octanol–water partition coefficient (Wildman–Crippen LogP) is 2.40. The first-order valence-corrected chi connectivity index (χ1v) is 8.28. The van der Waals surface area contributed by atoms with Crippen LogP contribution >= 0.6 is 0 Å². The molecule has 0 aliphatic rings. The minimum absolute atomic E-state index is 0.255. The molecule has 0 bridgehead atoms. The minimum atomic E-state index is -1.56. The number of ether oxygens (including phenoxy) is 2. The molecule has 0 radical (unpaired) electrons. The summed E-state index contributed by atoms with van der Waals surface area (Å²) in [5.41, 5.74) is 0.510. The second-order valence-electron chi connectivity index (χ2n) is 6.00. The van der Waals surface area contributed by atoms with Crippen LogP contribution < -0.4 is 0 Å². The Hall–Kier alpha value is -2.70. The number of esters is 2. The molecule has 138 valence electrons. The number of hydrogen-bond donors (Lipinski definition) is 2. The first kappa shape index (κ1) is 19.6. The van der Waals surface area contributed by atoms with Crippen molar-refractivity contribution in [2.24, 2.45) is 5.92 Å². The van der Waals surface area contributed by atoms with Gasteiger partial charge in [0, 0.05) is 5.92 Å². The van der Waals surface area contributed by atoms with E-state index >= 15 is 0 Å². The van der Waals surface area contributed by atoms with E-state index in [-0.39, 0.29) is 11.1 Å². The average molecular weight is 358 g/mol. The normalized spacial score (nSPS) is 14.3. The van der Waals surface area contributed by atoms with E-state index in [1.165, 1.54) is 6.92 Å². The van der Waals surface area contributed by atoms with Crippen LogP contribution in [0.25, 0.3) is 0 Å². The van der Waals surface area contributed by atoms with Gasteiger partial charge in [-0.1, -0.05) is 43.3 Å². The van der Waals surface area contributed by atoms with E-state index in [4.69, 9.17) is 9.47 Å². The molecule has 2 aromatic carbocycles. The van der Waals surface area contributed by atoms with E-state index in [1.54, 1.807) is 67.6 Å². The van der Waals surface area contributed by atoms with Crippen LogP contribution in [0.5, 0.6) is 0 Å². The maximum Gasteiger partial charge on any atom is 0.341 e. The highest BCUT2D eigenvalue weighted by Gasteiger charge is 2.34. The topological polar surface area (TPSA) is 93.1 Å². The largest absolute Gasteiger partial charge is 0.419 e. The molecule has 2 rings (SSSR count). The molecule has 6 heteroatoms. The van der Waals surface area contributed by atoms with Crippen LogP contribution in [0.2, 0.25) is 0 Å². The zero-order valence-corrected chi connectivity index (χ0v) is 14.6. The van der Waals surface area contributed by atoms with Gasteiger partial charge in [0.1, 0.15) is 6.10 Å².